The third-order valence-electron chi connectivity index (χ3n) is 6.77. The highest BCUT2D eigenvalue weighted by atomic mass is 79.9. The lowest BCUT2D eigenvalue weighted by Gasteiger charge is -2.35. The quantitative estimate of drug-likeness (QED) is 0.253. The van der Waals surface area contributed by atoms with Gasteiger partial charge in [-0.05, 0) is 82.4 Å². The lowest BCUT2D eigenvalue weighted by atomic mass is 9.85. The van der Waals surface area contributed by atoms with Crippen molar-refractivity contribution in [3.05, 3.63) is 97.8 Å². The van der Waals surface area contributed by atoms with Crippen LogP contribution < -0.4 is 4.74 Å². The molecule has 0 unspecified atom stereocenters. The van der Waals surface area contributed by atoms with E-state index in [1.165, 1.54) is 18.2 Å². The van der Waals surface area contributed by atoms with Gasteiger partial charge in [0.25, 0.3) is 5.91 Å². The molecule has 0 N–H and O–H groups in total. The van der Waals surface area contributed by atoms with Crippen LogP contribution in [0.4, 0.5) is 5.69 Å². The fourth-order valence-electron chi connectivity index (χ4n) is 4.86. The molecule has 1 aliphatic carbocycles. The number of hydrogen-bond acceptors (Lipinski definition) is 4. The van der Waals surface area contributed by atoms with Gasteiger partial charge in [0.1, 0.15) is 12.4 Å². The van der Waals surface area contributed by atoms with Crippen LogP contribution in [0.2, 0.25) is 0 Å². The Labute approximate surface area is 239 Å². The molecule has 0 aromatic heterocycles. The zero-order valence-electron chi connectivity index (χ0n) is 20.6. The maximum atomic E-state index is 13.9. The van der Waals surface area contributed by atoms with Crippen LogP contribution in [0, 0.1) is 5.92 Å². The number of rotatable bonds is 6. The number of nitrogens with zero attached hydrogens (tertiary/aromatic N) is 2. The summed E-state index contributed by atoms with van der Waals surface area (Å²) in [6.45, 7) is 2.69. The van der Waals surface area contributed by atoms with Gasteiger partial charge in [-0.25, -0.2) is 4.99 Å². The summed E-state index contributed by atoms with van der Waals surface area (Å²) in [5.74, 6) is 1.16. The van der Waals surface area contributed by atoms with E-state index in [-0.39, 0.29) is 11.9 Å². The van der Waals surface area contributed by atoms with Crippen LogP contribution in [-0.2, 0) is 11.4 Å². The Balaban J connectivity index is 1.51. The number of amidine groups is 1. The molecule has 3 aromatic rings. The minimum Gasteiger partial charge on any atom is -0.487 e. The van der Waals surface area contributed by atoms with Gasteiger partial charge in [-0.15, -0.1) is 0 Å². The molecule has 1 saturated heterocycles. The second-order valence-corrected chi connectivity index (χ2v) is 12.2. The molecular formula is C30H28Br2N2O2S. The summed E-state index contributed by atoms with van der Waals surface area (Å²) < 4.78 is 8.00. The summed E-state index contributed by atoms with van der Waals surface area (Å²) in [7, 11) is 0. The summed E-state index contributed by atoms with van der Waals surface area (Å²) in [4.78, 5) is 21.4. The Morgan fingerprint density at radius 2 is 1.73 bits per heavy atom. The molecule has 1 aliphatic heterocycles. The lowest BCUT2D eigenvalue weighted by Crippen LogP contribution is -2.44. The van der Waals surface area contributed by atoms with Gasteiger partial charge in [-0.3, -0.25) is 9.69 Å². The zero-order valence-corrected chi connectivity index (χ0v) is 24.6. The maximum absolute atomic E-state index is 13.9. The Morgan fingerprint density at radius 1 is 1.03 bits per heavy atom. The molecule has 0 bridgehead atoms. The molecule has 0 radical (unpaired) electrons. The van der Waals surface area contributed by atoms with E-state index in [9.17, 15) is 4.79 Å². The number of benzene rings is 3. The van der Waals surface area contributed by atoms with Crippen LogP contribution in [-0.4, -0.2) is 22.0 Å². The van der Waals surface area contributed by atoms with E-state index >= 15 is 0 Å². The smallest absolute Gasteiger partial charge is 0.267 e. The first kappa shape index (κ1) is 26.3. The number of carbonyl (C=O) groups is 1. The molecular weight excluding hydrogens is 612 g/mol. The summed E-state index contributed by atoms with van der Waals surface area (Å²) in [5.41, 5.74) is 2.77. The van der Waals surface area contributed by atoms with E-state index in [1.54, 1.807) is 0 Å². The fraction of sp³-hybridized carbons (Fsp3) is 0.267. The molecule has 2 atom stereocenters. The number of ether oxygens (including phenoxy) is 1. The monoisotopic (exact) mass is 638 g/mol. The average Bonchev–Trinajstić information content (AvgIpc) is 3.19. The summed E-state index contributed by atoms with van der Waals surface area (Å²) in [5, 5.41) is 0.752. The molecule has 1 saturated carbocycles. The normalized spacial score (nSPS) is 22.1. The van der Waals surface area contributed by atoms with Gasteiger partial charge >= 0.3 is 0 Å². The average molecular weight is 640 g/mol. The second kappa shape index (κ2) is 12.0. The van der Waals surface area contributed by atoms with Crippen molar-refractivity contribution in [2.75, 3.05) is 0 Å². The Kier molecular flexibility index (Phi) is 8.53. The number of carbonyl (C=O) groups excluding carboxylic acids is 1. The Bertz CT molecular complexity index is 1330. The van der Waals surface area contributed by atoms with Gasteiger partial charge in [-0.1, -0.05) is 84.2 Å². The second-order valence-electron chi connectivity index (χ2n) is 9.43. The van der Waals surface area contributed by atoms with Crippen molar-refractivity contribution in [2.24, 2.45) is 10.9 Å². The maximum Gasteiger partial charge on any atom is 0.267 e. The van der Waals surface area contributed by atoms with E-state index in [2.05, 4.69) is 38.8 Å². The molecule has 4 nitrogen and oxygen atoms in total. The summed E-state index contributed by atoms with van der Waals surface area (Å²) >= 11 is 8.72. The number of para-hydroxylation sites is 1. The minimum absolute atomic E-state index is 0.0172. The highest BCUT2D eigenvalue weighted by Crippen LogP contribution is 2.42. The van der Waals surface area contributed by atoms with E-state index in [0.717, 1.165) is 50.2 Å². The first-order chi connectivity index (χ1) is 18.0. The van der Waals surface area contributed by atoms with E-state index in [1.807, 2.05) is 83.8 Å². The number of aliphatic imine (C=N–C) groups is 1. The van der Waals surface area contributed by atoms with Crippen molar-refractivity contribution in [2.45, 2.75) is 45.3 Å². The van der Waals surface area contributed by atoms with Crippen LogP contribution in [0.15, 0.2) is 91.6 Å². The van der Waals surface area contributed by atoms with E-state index in [4.69, 9.17) is 9.73 Å². The fourth-order valence-corrected chi connectivity index (χ4v) is 7.27. The van der Waals surface area contributed by atoms with Crippen LogP contribution in [0.5, 0.6) is 5.75 Å². The molecule has 0 spiro atoms. The van der Waals surface area contributed by atoms with Gasteiger partial charge in [-0.2, -0.15) is 0 Å². The molecule has 1 heterocycles. The summed E-state index contributed by atoms with van der Waals surface area (Å²) in [6.07, 6.45) is 6.43. The van der Waals surface area contributed by atoms with Crippen LogP contribution in [0.3, 0.4) is 0 Å². The highest BCUT2D eigenvalue weighted by molar-refractivity contribution is 9.11. The molecule has 7 heteroatoms. The Morgan fingerprint density at radius 3 is 2.46 bits per heavy atom. The number of halogens is 2. The molecule has 5 rings (SSSR count). The minimum atomic E-state index is 0.0172. The first-order valence-corrected chi connectivity index (χ1v) is 14.9. The zero-order chi connectivity index (χ0) is 25.8. The van der Waals surface area contributed by atoms with Crippen LogP contribution in [0.25, 0.3) is 6.08 Å². The third-order valence-corrected chi connectivity index (χ3v) is 8.80. The van der Waals surface area contributed by atoms with Gasteiger partial charge in [0.2, 0.25) is 0 Å². The molecule has 3 aromatic carbocycles. The van der Waals surface area contributed by atoms with Crippen molar-refractivity contribution < 1.29 is 9.53 Å². The molecule has 190 valence electrons. The number of hydrogen-bond donors (Lipinski definition) is 0. The van der Waals surface area contributed by atoms with E-state index in [0.29, 0.717) is 23.2 Å². The predicted octanol–water partition coefficient (Wildman–Crippen LogP) is 8.97. The van der Waals surface area contributed by atoms with Gasteiger partial charge in [0.15, 0.2) is 5.17 Å². The van der Waals surface area contributed by atoms with Crippen molar-refractivity contribution in [1.29, 1.82) is 0 Å². The topological polar surface area (TPSA) is 41.9 Å². The van der Waals surface area contributed by atoms with Crippen molar-refractivity contribution in [3.8, 4) is 5.75 Å². The SMILES string of the molecule is C[C@@H]1CCCC[C@H]1N1C(=O)/C(=C/c2cc(Br)cc(Br)c2OCc2ccccc2)SC1=Nc1ccccc1. The van der Waals surface area contributed by atoms with Gasteiger partial charge < -0.3 is 4.74 Å². The lowest BCUT2D eigenvalue weighted by molar-refractivity contribution is -0.124. The first-order valence-electron chi connectivity index (χ1n) is 12.5. The van der Waals surface area contributed by atoms with E-state index < -0.39 is 0 Å². The number of thioether (sulfide) groups is 1. The Hall–Kier alpha value is -2.35. The molecule has 37 heavy (non-hydrogen) atoms. The van der Waals surface area contributed by atoms with Crippen LogP contribution in [0.1, 0.15) is 43.7 Å². The predicted molar refractivity (Wildman–Crippen MR) is 160 cm³/mol. The third kappa shape index (κ3) is 6.21. The van der Waals surface area contributed by atoms with Gasteiger partial charge in [0, 0.05) is 16.1 Å². The summed E-state index contributed by atoms with van der Waals surface area (Å²) in [6, 6.07) is 24.1. The van der Waals surface area contributed by atoms with Gasteiger partial charge in [0.05, 0.1) is 15.1 Å². The van der Waals surface area contributed by atoms with Crippen molar-refractivity contribution in [1.82, 2.24) is 4.90 Å². The molecule has 2 aliphatic rings. The highest BCUT2D eigenvalue weighted by Gasteiger charge is 2.41. The number of amides is 1. The standard InChI is InChI=1S/C30H28Br2N2O2S/c1-20-10-8-9-15-26(20)34-29(35)27(37-30(34)33-24-13-6-3-7-14-24)17-22-16-23(31)18-25(32)28(22)36-19-21-11-4-2-5-12-21/h2-7,11-14,16-18,20,26H,8-10,15,19H2,1H3/b27-17-,33-30?/t20-,26-/m1/s1. The molecule has 1 amide bonds. The largest absolute Gasteiger partial charge is 0.487 e. The molecule has 2 fully saturated rings. The van der Waals surface area contributed by atoms with Crippen molar-refractivity contribution >= 4 is 66.5 Å². The van der Waals surface area contributed by atoms with Crippen molar-refractivity contribution in [3.63, 3.8) is 0 Å². The van der Waals surface area contributed by atoms with Crippen LogP contribution >= 0.6 is 43.6 Å².